The average Bonchev–Trinajstić information content (AvgIpc) is 2.76. The predicted molar refractivity (Wildman–Crippen MR) is 141 cm³/mol. The molecule has 1 heterocycles. The van der Waals surface area contributed by atoms with Gasteiger partial charge in [0.05, 0.1) is 0 Å². The molecule has 0 saturated carbocycles. The summed E-state index contributed by atoms with van der Waals surface area (Å²) in [7, 11) is 0. The third kappa shape index (κ3) is 9.16. The molecule has 0 saturated heterocycles. The zero-order valence-electron chi connectivity index (χ0n) is 18.5. The Morgan fingerprint density at radius 2 is 1.81 bits per heavy atom. The van der Waals surface area contributed by atoms with Crippen LogP contribution >= 0.6 is 49.0 Å². The molecule has 2 aromatic rings. The summed E-state index contributed by atoms with van der Waals surface area (Å²) < 4.78 is 0. The first-order valence-corrected chi connectivity index (χ1v) is 11.7. The summed E-state index contributed by atoms with van der Waals surface area (Å²) in [4.78, 5) is 5.32. The number of rotatable bonds is 11. The van der Waals surface area contributed by atoms with E-state index in [0.29, 0.717) is 6.04 Å². The minimum Gasteiger partial charge on any atom is -0.504 e. The van der Waals surface area contributed by atoms with Crippen LogP contribution in [0.15, 0.2) is 41.6 Å². The number of nitrogens with one attached hydrogen (secondary N) is 1. The number of halogens is 3. The lowest BCUT2D eigenvalue weighted by molar-refractivity contribution is 0.112. The zero-order valence-corrected chi connectivity index (χ0v) is 21.8. The number of unbranched alkanes of at least 4 members (excludes halogenated alkanes) is 3. The molecule has 0 radical (unpaired) electrons. The first kappa shape index (κ1) is 31.1. The largest absolute Gasteiger partial charge is 0.504 e. The van der Waals surface area contributed by atoms with Gasteiger partial charge in [0, 0.05) is 47.7 Å². The van der Waals surface area contributed by atoms with E-state index >= 15 is 0 Å². The lowest BCUT2D eigenvalue weighted by Crippen LogP contribution is -2.49. The second kappa shape index (κ2) is 16.7. The summed E-state index contributed by atoms with van der Waals surface area (Å²) in [6.07, 6.45) is 11.4. The maximum Gasteiger partial charge on any atom is 0.160 e. The number of fused-ring (bicyclic) bond motifs is 1. The highest BCUT2D eigenvalue weighted by Crippen LogP contribution is 2.36. The fraction of sp³-hybridized carbons (Fsp3) is 0.522. The molecule has 1 unspecified atom stereocenters. The van der Waals surface area contributed by atoms with Gasteiger partial charge in [0.15, 0.2) is 11.5 Å². The molecule has 1 aromatic heterocycles. The Labute approximate surface area is 215 Å². The Balaban J connectivity index is 0.00000320. The third-order valence-corrected chi connectivity index (χ3v) is 6.58. The Hall–Kier alpha value is -0.890. The Bertz CT molecular complexity index is 772. The van der Waals surface area contributed by atoms with Crippen molar-refractivity contribution in [3.63, 3.8) is 0 Å². The van der Waals surface area contributed by atoms with Crippen molar-refractivity contribution in [2.75, 3.05) is 18.8 Å². The molecule has 9 heteroatoms. The summed E-state index contributed by atoms with van der Waals surface area (Å²) in [5.41, 5.74) is 5.75. The maximum atomic E-state index is 10.2. The van der Waals surface area contributed by atoms with E-state index in [-0.39, 0.29) is 48.7 Å². The first-order valence-electron chi connectivity index (χ1n) is 10.7. The fourth-order valence-electron chi connectivity index (χ4n) is 3.96. The molecule has 0 bridgehead atoms. The predicted octanol–water partition coefficient (Wildman–Crippen LogP) is 5.79. The number of phenolic OH excluding ortho intramolecular Hbond substituents is 2. The quantitative estimate of drug-likeness (QED) is 0.149. The van der Waals surface area contributed by atoms with E-state index in [0.717, 1.165) is 49.2 Å². The fourth-order valence-corrected chi connectivity index (χ4v) is 4.70. The number of hydrogen-bond donors (Lipinski definition) is 3. The molecule has 3 N–H and O–H groups in total. The number of aromatic nitrogens is 1. The van der Waals surface area contributed by atoms with E-state index in [1.54, 1.807) is 6.07 Å². The number of benzene rings is 1. The van der Waals surface area contributed by atoms with Crippen LogP contribution in [-0.4, -0.2) is 45.1 Å². The van der Waals surface area contributed by atoms with E-state index in [1.165, 1.54) is 30.6 Å². The normalized spacial score (nSPS) is 14.6. The second-order valence-electron chi connectivity index (χ2n) is 7.66. The van der Waals surface area contributed by atoms with Gasteiger partial charge in [-0.15, -0.1) is 49.0 Å². The molecule has 0 aliphatic heterocycles. The van der Waals surface area contributed by atoms with Crippen molar-refractivity contribution in [2.45, 2.75) is 62.8 Å². The molecule has 182 valence electrons. The monoisotopic (exact) mass is 523 g/mol. The Morgan fingerprint density at radius 3 is 2.53 bits per heavy atom. The lowest BCUT2D eigenvalue weighted by atomic mass is 9.87. The highest BCUT2D eigenvalue weighted by atomic mass is 35.5. The molecule has 0 amide bonds. The molecule has 3 rings (SSSR count). The van der Waals surface area contributed by atoms with Gasteiger partial charge in [-0.2, -0.15) is 0 Å². The molecule has 0 fully saturated rings. The van der Waals surface area contributed by atoms with Crippen LogP contribution in [-0.2, 0) is 12.8 Å². The number of hydrogen-bond acceptors (Lipinski definition) is 6. The summed E-state index contributed by atoms with van der Waals surface area (Å²) in [6.45, 7) is 4.21. The minimum absolute atomic E-state index is 0. The third-order valence-electron chi connectivity index (χ3n) is 5.57. The van der Waals surface area contributed by atoms with E-state index in [4.69, 9.17) is 0 Å². The van der Waals surface area contributed by atoms with Crippen molar-refractivity contribution in [3.8, 4) is 11.5 Å². The van der Waals surface area contributed by atoms with Crippen LogP contribution in [0, 0.1) is 0 Å². The van der Waals surface area contributed by atoms with Crippen molar-refractivity contribution in [1.82, 2.24) is 15.4 Å². The summed E-state index contributed by atoms with van der Waals surface area (Å²) in [5, 5.41) is 22.4. The summed E-state index contributed by atoms with van der Waals surface area (Å²) in [6, 6.07) is 8.09. The summed E-state index contributed by atoms with van der Waals surface area (Å²) in [5.74, 6) is 1.06. The number of thioether (sulfide) groups is 1. The standard InChI is InChI=1S/C23H33N3O2S.3ClH/c1-2-3-4-5-15-26(25-14-16-29-20-10-12-24-13-11-20)19-7-8-21-18(17-19)6-9-22(27)23(21)28;;;/h6,9-13,19,25,27-28H,2-5,7-8,14-17H2,1H3;3*1H. The van der Waals surface area contributed by atoms with Gasteiger partial charge in [-0.1, -0.05) is 32.3 Å². The van der Waals surface area contributed by atoms with Crippen LogP contribution in [0.1, 0.15) is 50.2 Å². The molecule has 1 atom stereocenters. The van der Waals surface area contributed by atoms with Crippen LogP contribution < -0.4 is 5.43 Å². The molecule has 1 aliphatic carbocycles. The maximum absolute atomic E-state index is 10.2. The van der Waals surface area contributed by atoms with Gasteiger partial charge in [-0.3, -0.25) is 10.4 Å². The van der Waals surface area contributed by atoms with E-state index in [1.807, 2.05) is 42.4 Å². The highest BCUT2D eigenvalue weighted by molar-refractivity contribution is 7.99. The molecule has 5 nitrogen and oxygen atoms in total. The molecule has 32 heavy (non-hydrogen) atoms. The van der Waals surface area contributed by atoms with Crippen LogP contribution in [0.4, 0.5) is 0 Å². The number of hydrazine groups is 1. The number of nitrogens with zero attached hydrogens (tertiary/aromatic N) is 2. The van der Waals surface area contributed by atoms with Crippen LogP contribution in [0.3, 0.4) is 0 Å². The topological polar surface area (TPSA) is 68.6 Å². The van der Waals surface area contributed by atoms with E-state index in [2.05, 4.69) is 22.3 Å². The van der Waals surface area contributed by atoms with Crippen molar-refractivity contribution in [1.29, 1.82) is 0 Å². The van der Waals surface area contributed by atoms with Crippen molar-refractivity contribution < 1.29 is 10.2 Å². The minimum atomic E-state index is -0.00937. The van der Waals surface area contributed by atoms with E-state index in [9.17, 15) is 10.2 Å². The SMILES string of the molecule is CCCCCCN(NCCSc1ccncc1)C1CCc2c(ccc(O)c2O)C1.Cl.Cl.Cl. The van der Waals surface area contributed by atoms with E-state index < -0.39 is 0 Å². The smallest absolute Gasteiger partial charge is 0.160 e. The Kier molecular flexibility index (Phi) is 16.2. The van der Waals surface area contributed by atoms with Gasteiger partial charge in [-0.25, -0.2) is 5.01 Å². The van der Waals surface area contributed by atoms with Gasteiger partial charge in [-0.05, 0) is 49.4 Å². The van der Waals surface area contributed by atoms with Gasteiger partial charge in [0.1, 0.15) is 0 Å². The van der Waals surface area contributed by atoms with Crippen LogP contribution in [0.25, 0.3) is 0 Å². The van der Waals surface area contributed by atoms with Crippen LogP contribution in [0.2, 0.25) is 0 Å². The zero-order chi connectivity index (χ0) is 20.5. The molecule has 0 spiro atoms. The first-order chi connectivity index (χ1) is 14.2. The Morgan fingerprint density at radius 1 is 1.06 bits per heavy atom. The number of pyridine rings is 1. The van der Waals surface area contributed by atoms with Gasteiger partial charge in [0.2, 0.25) is 0 Å². The number of phenols is 2. The van der Waals surface area contributed by atoms with Crippen molar-refractivity contribution in [2.24, 2.45) is 0 Å². The van der Waals surface area contributed by atoms with Gasteiger partial charge in [0.25, 0.3) is 0 Å². The summed E-state index contributed by atoms with van der Waals surface area (Å²) >= 11 is 1.84. The molecule has 1 aliphatic rings. The average molecular weight is 525 g/mol. The van der Waals surface area contributed by atoms with Crippen molar-refractivity contribution in [3.05, 3.63) is 47.8 Å². The lowest BCUT2D eigenvalue weighted by Gasteiger charge is -2.36. The number of aromatic hydroxyl groups is 2. The van der Waals surface area contributed by atoms with Crippen molar-refractivity contribution >= 4 is 49.0 Å². The second-order valence-corrected chi connectivity index (χ2v) is 8.83. The molecular formula is C23H36Cl3N3O2S. The van der Waals surface area contributed by atoms with Gasteiger partial charge < -0.3 is 10.2 Å². The highest BCUT2D eigenvalue weighted by Gasteiger charge is 2.26. The van der Waals surface area contributed by atoms with Gasteiger partial charge >= 0.3 is 0 Å². The van der Waals surface area contributed by atoms with Crippen LogP contribution in [0.5, 0.6) is 11.5 Å². The molecule has 1 aromatic carbocycles. The molecular weight excluding hydrogens is 489 g/mol.